The summed E-state index contributed by atoms with van der Waals surface area (Å²) in [5.74, 6) is 0.191. The lowest BCUT2D eigenvalue weighted by molar-refractivity contribution is 0.0902. The van der Waals surface area contributed by atoms with Crippen LogP contribution in [0.5, 0.6) is 0 Å². The highest BCUT2D eigenvalue weighted by Gasteiger charge is 2.28. The number of carbonyl (C=O) groups excluding carboxylic acids is 1. The Balaban J connectivity index is 1.80. The number of nitrogens with zero attached hydrogens (tertiary/aromatic N) is 1. The van der Waals surface area contributed by atoms with Crippen molar-refractivity contribution in [3.63, 3.8) is 0 Å². The number of hydrogen-bond donors (Lipinski definition) is 0. The predicted octanol–water partition coefficient (Wildman–Crippen LogP) is 4.42. The van der Waals surface area contributed by atoms with Crippen LogP contribution >= 0.6 is 11.6 Å². The molecule has 0 aliphatic carbocycles. The largest absolute Gasteiger partial charge is 0.303 e. The van der Waals surface area contributed by atoms with Crippen LogP contribution in [0.1, 0.15) is 49.9 Å². The first kappa shape index (κ1) is 15.5. The van der Waals surface area contributed by atoms with Gasteiger partial charge in [-0.1, -0.05) is 44.0 Å². The van der Waals surface area contributed by atoms with Crippen LogP contribution < -0.4 is 0 Å². The highest BCUT2D eigenvalue weighted by atomic mass is 35.5. The van der Waals surface area contributed by atoms with Crippen LogP contribution in [0.25, 0.3) is 0 Å². The van der Waals surface area contributed by atoms with Crippen molar-refractivity contribution in [2.24, 2.45) is 5.41 Å². The second-order valence-corrected chi connectivity index (χ2v) is 6.63. The average Bonchev–Trinajstić information content (AvgIpc) is 2.46. The van der Waals surface area contributed by atoms with Gasteiger partial charge in [-0.3, -0.25) is 4.79 Å². The molecule has 2 rings (SSSR count). The van der Waals surface area contributed by atoms with Gasteiger partial charge in [0.2, 0.25) is 0 Å². The third-order valence-corrected chi connectivity index (χ3v) is 4.95. The molecule has 0 unspecified atom stereocenters. The van der Waals surface area contributed by atoms with Gasteiger partial charge in [-0.2, -0.15) is 0 Å². The van der Waals surface area contributed by atoms with Crippen molar-refractivity contribution in [2.75, 3.05) is 19.6 Å². The first-order valence-corrected chi connectivity index (χ1v) is 7.91. The lowest BCUT2D eigenvalue weighted by Crippen LogP contribution is -2.39. The van der Waals surface area contributed by atoms with Gasteiger partial charge in [0.25, 0.3) is 0 Å². The maximum atomic E-state index is 12.1. The zero-order valence-electron chi connectivity index (χ0n) is 12.5. The summed E-state index contributed by atoms with van der Waals surface area (Å²) in [4.78, 5) is 14.6. The molecule has 0 aromatic heterocycles. The summed E-state index contributed by atoms with van der Waals surface area (Å²) < 4.78 is 0. The van der Waals surface area contributed by atoms with Crippen LogP contribution in [0.15, 0.2) is 24.3 Å². The maximum absolute atomic E-state index is 12.1. The van der Waals surface area contributed by atoms with Crippen LogP contribution in [-0.2, 0) is 0 Å². The summed E-state index contributed by atoms with van der Waals surface area (Å²) in [6.45, 7) is 7.76. The van der Waals surface area contributed by atoms with Crippen LogP contribution in [0.4, 0.5) is 0 Å². The molecule has 0 spiro atoms. The number of Topliss-reactive ketones (excluding diaryl/α,β-unsaturated/α-hetero) is 1. The number of carbonyl (C=O) groups is 1. The normalized spacial score (nSPS) is 18.9. The number of halogens is 1. The third-order valence-electron chi connectivity index (χ3n) is 4.72. The van der Waals surface area contributed by atoms with E-state index in [0.29, 0.717) is 16.9 Å². The molecule has 1 aromatic rings. The van der Waals surface area contributed by atoms with Gasteiger partial charge in [0.15, 0.2) is 5.78 Å². The first-order chi connectivity index (χ1) is 9.52. The molecule has 1 fully saturated rings. The van der Waals surface area contributed by atoms with Crippen molar-refractivity contribution >= 4 is 17.4 Å². The highest BCUT2D eigenvalue weighted by Crippen LogP contribution is 2.33. The third kappa shape index (κ3) is 4.07. The Bertz CT molecular complexity index is 464. The average molecular weight is 294 g/mol. The zero-order valence-corrected chi connectivity index (χ0v) is 13.2. The van der Waals surface area contributed by atoms with Crippen LogP contribution in [0.2, 0.25) is 5.02 Å². The maximum Gasteiger partial charge on any atom is 0.164 e. The molecule has 0 bridgehead atoms. The van der Waals surface area contributed by atoms with Gasteiger partial charge in [-0.15, -0.1) is 0 Å². The molecule has 110 valence electrons. The van der Waals surface area contributed by atoms with Crippen LogP contribution in [0, 0.1) is 5.41 Å². The van der Waals surface area contributed by atoms with Gasteiger partial charge in [0.05, 0.1) is 0 Å². The van der Waals surface area contributed by atoms with Gasteiger partial charge in [0.1, 0.15) is 0 Å². The van der Waals surface area contributed by atoms with Crippen LogP contribution in [0.3, 0.4) is 0 Å². The molecule has 1 aliphatic heterocycles. The molecule has 1 aromatic carbocycles. The summed E-state index contributed by atoms with van der Waals surface area (Å²) in [5.41, 5.74) is 1.24. The number of likely N-dealkylation sites (tertiary alicyclic amines) is 1. The summed E-state index contributed by atoms with van der Waals surface area (Å²) >= 11 is 5.92. The number of piperidine rings is 1. The van der Waals surface area contributed by atoms with E-state index < -0.39 is 0 Å². The fraction of sp³-hybridized carbons (Fsp3) is 0.588. The molecule has 1 saturated heterocycles. The molecule has 0 radical (unpaired) electrons. The Morgan fingerprint density at radius 2 is 2.05 bits per heavy atom. The lowest BCUT2D eigenvalue weighted by Gasteiger charge is -2.38. The SMILES string of the molecule is CCC1(C)CCN(CCC(=O)c2cccc(Cl)c2)CC1. The minimum atomic E-state index is 0.191. The van der Waals surface area contributed by atoms with Gasteiger partial charge in [-0.05, 0) is 43.5 Å². The van der Waals surface area contributed by atoms with Gasteiger partial charge in [0, 0.05) is 23.6 Å². The number of hydrogen-bond acceptors (Lipinski definition) is 2. The Morgan fingerprint density at radius 3 is 2.65 bits per heavy atom. The molecule has 0 atom stereocenters. The van der Waals surface area contributed by atoms with Crippen LogP contribution in [-0.4, -0.2) is 30.3 Å². The fourth-order valence-electron chi connectivity index (χ4n) is 2.74. The molecule has 0 N–H and O–H groups in total. The molecule has 3 heteroatoms. The molecule has 2 nitrogen and oxygen atoms in total. The molecule has 1 aliphatic rings. The van der Waals surface area contributed by atoms with E-state index in [2.05, 4.69) is 18.7 Å². The standard InChI is InChI=1S/C17H24ClNO/c1-3-17(2)8-11-19(12-9-17)10-7-16(20)14-5-4-6-15(18)13-14/h4-6,13H,3,7-12H2,1-2H3. The smallest absolute Gasteiger partial charge is 0.164 e. The summed E-state index contributed by atoms with van der Waals surface area (Å²) in [6.07, 6.45) is 4.33. The van der Waals surface area contributed by atoms with E-state index in [4.69, 9.17) is 11.6 Å². The van der Waals surface area contributed by atoms with Gasteiger partial charge in [-0.25, -0.2) is 0 Å². The summed E-state index contributed by atoms with van der Waals surface area (Å²) in [6, 6.07) is 7.24. The molecule has 0 saturated carbocycles. The van der Waals surface area contributed by atoms with Crippen molar-refractivity contribution in [3.05, 3.63) is 34.9 Å². The number of benzene rings is 1. The minimum absolute atomic E-state index is 0.191. The summed E-state index contributed by atoms with van der Waals surface area (Å²) in [7, 11) is 0. The van der Waals surface area contributed by atoms with Crippen molar-refractivity contribution in [2.45, 2.75) is 39.5 Å². The van der Waals surface area contributed by atoms with E-state index in [0.717, 1.165) is 25.2 Å². The van der Waals surface area contributed by atoms with E-state index in [-0.39, 0.29) is 5.78 Å². The molecular weight excluding hydrogens is 270 g/mol. The second-order valence-electron chi connectivity index (χ2n) is 6.19. The first-order valence-electron chi connectivity index (χ1n) is 7.53. The predicted molar refractivity (Wildman–Crippen MR) is 84.5 cm³/mol. The zero-order chi connectivity index (χ0) is 14.6. The summed E-state index contributed by atoms with van der Waals surface area (Å²) in [5, 5.41) is 0.632. The topological polar surface area (TPSA) is 20.3 Å². The van der Waals surface area contributed by atoms with E-state index in [1.54, 1.807) is 12.1 Å². The molecule has 20 heavy (non-hydrogen) atoms. The molecule has 1 heterocycles. The highest BCUT2D eigenvalue weighted by molar-refractivity contribution is 6.31. The van der Waals surface area contributed by atoms with E-state index in [1.807, 2.05) is 12.1 Å². The minimum Gasteiger partial charge on any atom is -0.303 e. The van der Waals surface area contributed by atoms with Gasteiger partial charge >= 0.3 is 0 Å². The Kier molecular flexibility index (Phi) is 5.22. The van der Waals surface area contributed by atoms with E-state index in [9.17, 15) is 4.79 Å². The van der Waals surface area contributed by atoms with E-state index in [1.165, 1.54) is 19.3 Å². The van der Waals surface area contributed by atoms with Crippen molar-refractivity contribution in [1.29, 1.82) is 0 Å². The van der Waals surface area contributed by atoms with Crippen molar-refractivity contribution in [1.82, 2.24) is 4.90 Å². The Hall–Kier alpha value is -0.860. The van der Waals surface area contributed by atoms with Crippen molar-refractivity contribution < 1.29 is 4.79 Å². The Morgan fingerprint density at radius 1 is 1.35 bits per heavy atom. The monoisotopic (exact) mass is 293 g/mol. The number of ketones is 1. The van der Waals surface area contributed by atoms with E-state index >= 15 is 0 Å². The second kappa shape index (κ2) is 6.73. The fourth-order valence-corrected chi connectivity index (χ4v) is 2.93. The lowest BCUT2D eigenvalue weighted by atomic mass is 9.78. The molecule has 0 amide bonds. The number of rotatable bonds is 5. The van der Waals surface area contributed by atoms with Crippen molar-refractivity contribution in [3.8, 4) is 0 Å². The molecular formula is C17H24ClNO. The van der Waals surface area contributed by atoms with Gasteiger partial charge < -0.3 is 4.90 Å². The quantitative estimate of drug-likeness (QED) is 0.749. The Labute approximate surface area is 127 Å².